The van der Waals surface area contributed by atoms with Crippen molar-refractivity contribution in [2.45, 2.75) is 26.3 Å². The fraction of sp³-hybridized carbons (Fsp3) is 0.360. The number of ketones is 1. The number of amides is 1. The quantitative estimate of drug-likeness (QED) is 0.348. The van der Waals surface area contributed by atoms with Gasteiger partial charge in [0.1, 0.15) is 17.3 Å². The Morgan fingerprint density at radius 3 is 2.24 bits per heavy atom. The molecular weight excluding hydrogens is 426 g/mol. The molecule has 1 heterocycles. The molecule has 2 aromatic carbocycles. The number of hydrogen-bond donors (Lipinski definition) is 1. The molecule has 0 bridgehead atoms. The largest absolute Gasteiger partial charge is 0.507 e. The average molecular weight is 456 g/mol. The second-order valence-corrected chi connectivity index (χ2v) is 7.40. The second kappa shape index (κ2) is 10.3. The second-order valence-electron chi connectivity index (χ2n) is 7.40. The summed E-state index contributed by atoms with van der Waals surface area (Å²) < 4.78 is 21.7. The van der Waals surface area contributed by atoms with Crippen LogP contribution in [-0.2, 0) is 9.59 Å². The summed E-state index contributed by atoms with van der Waals surface area (Å²) in [5, 5.41) is 11.3. The number of aliphatic hydroxyl groups excluding tert-OH is 1. The Bertz CT molecular complexity index is 1080. The van der Waals surface area contributed by atoms with Crippen molar-refractivity contribution in [2.24, 2.45) is 0 Å². The van der Waals surface area contributed by atoms with E-state index in [9.17, 15) is 14.7 Å². The highest BCUT2D eigenvalue weighted by molar-refractivity contribution is 6.46. The molecule has 176 valence electrons. The van der Waals surface area contributed by atoms with E-state index < -0.39 is 17.7 Å². The predicted molar refractivity (Wildman–Crippen MR) is 123 cm³/mol. The number of Topliss-reactive ketones (excluding diaryl/α,β-unsaturated/α-hetero) is 1. The van der Waals surface area contributed by atoms with Crippen molar-refractivity contribution in [2.75, 3.05) is 34.5 Å². The molecule has 1 aliphatic heterocycles. The fourth-order valence-electron chi connectivity index (χ4n) is 3.97. The Morgan fingerprint density at radius 1 is 0.939 bits per heavy atom. The maximum Gasteiger partial charge on any atom is 0.295 e. The zero-order valence-corrected chi connectivity index (χ0v) is 19.5. The zero-order valence-electron chi connectivity index (χ0n) is 19.5. The van der Waals surface area contributed by atoms with Crippen LogP contribution in [0.25, 0.3) is 5.76 Å². The molecule has 1 saturated heterocycles. The van der Waals surface area contributed by atoms with Gasteiger partial charge in [0.25, 0.3) is 11.7 Å². The highest BCUT2D eigenvalue weighted by atomic mass is 16.5. The Morgan fingerprint density at radius 2 is 1.64 bits per heavy atom. The van der Waals surface area contributed by atoms with Gasteiger partial charge in [0.15, 0.2) is 11.5 Å². The molecule has 0 aliphatic carbocycles. The van der Waals surface area contributed by atoms with Gasteiger partial charge in [-0.25, -0.2) is 0 Å². The van der Waals surface area contributed by atoms with Gasteiger partial charge in [-0.3, -0.25) is 9.59 Å². The van der Waals surface area contributed by atoms with E-state index in [0.29, 0.717) is 48.1 Å². The van der Waals surface area contributed by atoms with Crippen molar-refractivity contribution in [3.05, 3.63) is 53.1 Å². The molecule has 2 aromatic rings. The number of methoxy groups -OCH3 is 3. The van der Waals surface area contributed by atoms with Crippen LogP contribution in [0.4, 0.5) is 0 Å². The van der Waals surface area contributed by atoms with E-state index in [4.69, 9.17) is 18.9 Å². The van der Waals surface area contributed by atoms with Crippen LogP contribution in [0.3, 0.4) is 0 Å². The van der Waals surface area contributed by atoms with Gasteiger partial charge in [-0.15, -0.1) is 0 Å². The molecular formula is C25H29NO7. The maximum atomic E-state index is 13.1. The lowest BCUT2D eigenvalue weighted by atomic mass is 9.94. The first kappa shape index (κ1) is 24.0. The lowest BCUT2D eigenvalue weighted by Gasteiger charge is -2.25. The molecule has 8 heteroatoms. The molecule has 1 unspecified atom stereocenters. The average Bonchev–Trinajstić information content (AvgIpc) is 3.08. The van der Waals surface area contributed by atoms with Crippen LogP contribution in [-0.4, -0.2) is 56.2 Å². The Hall–Kier alpha value is -3.68. The molecule has 1 aliphatic rings. The Labute approximate surface area is 193 Å². The van der Waals surface area contributed by atoms with Crippen molar-refractivity contribution in [1.29, 1.82) is 0 Å². The normalized spacial score (nSPS) is 17.2. The maximum absolute atomic E-state index is 13.1. The summed E-state index contributed by atoms with van der Waals surface area (Å²) in [7, 11) is 4.48. The van der Waals surface area contributed by atoms with Crippen LogP contribution in [0.1, 0.15) is 37.4 Å². The van der Waals surface area contributed by atoms with E-state index in [1.54, 1.807) is 36.4 Å². The number of carbonyl (C=O) groups is 2. The molecule has 1 fully saturated rings. The van der Waals surface area contributed by atoms with Crippen molar-refractivity contribution in [3.8, 4) is 23.0 Å². The van der Waals surface area contributed by atoms with Crippen LogP contribution in [0.2, 0.25) is 0 Å². The minimum Gasteiger partial charge on any atom is -0.507 e. The molecule has 0 spiro atoms. The van der Waals surface area contributed by atoms with Crippen LogP contribution in [0.5, 0.6) is 23.0 Å². The predicted octanol–water partition coefficient (Wildman–Crippen LogP) is 3.94. The first-order valence-corrected chi connectivity index (χ1v) is 10.7. The molecule has 8 nitrogen and oxygen atoms in total. The van der Waals surface area contributed by atoms with Crippen LogP contribution >= 0.6 is 0 Å². The van der Waals surface area contributed by atoms with Crippen LogP contribution in [0, 0.1) is 0 Å². The first-order valence-electron chi connectivity index (χ1n) is 10.7. The van der Waals surface area contributed by atoms with E-state index in [0.717, 1.165) is 0 Å². The fourth-order valence-corrected chi connectivity index (χ4v) is 3.97. The van der Waals surface area contributed by atoms with Crippen molar-refractivity contribution in [1.82, 2.24) is 4.90 Å². The highest BCUT2D eigenvalue weighted by Crippen LogP contribution is 2.43. The van der Waals surface area contributed by atoms with Gasteiger partial charge in [-0.1, -0.05) is 13.0 Å². The molecule has 1 atom stereocenters. The van der Waals surface area contributed by atoms with Gasteiger partial charge in [0.05, 0.1) is 45.1 Å². The number of hydrogen-bond acceptors (Lipinski definition) is 7. The number of rotatable bonds is 9. The minimum absolute atomic E-state index is 0.0220. The SMILES string of the molecule is CCCN1C(=O)C(=O)/C(=C(/O)c2cc(OC)ccc2OC)C1c1ccc(OCC)c(OC)c1. The summed E-state index contributed by atoms with van der Waals surface area (Å²) in [5.41, 5.74) is 0.854. The number of likely N-dealkylation sites (tertiary alicyclic amines) is 1. The number of aliphatic hydroxyl groups is 1. The molecule has 33 heavy (non-hydrogen) atoms. The highest BCUT2D eigenvalue weighted by Gasteiger charge is 2.46. The molecule has 3 rings (SSSR count). The zero-order chi connectivity index (χ0) is 24.1. The summed E-state index contributed by atoms with van der Waals surface area (Å²) in [4.78, 5) is 27.5. The van der Waals surface area contributed by atoms with Crippen LogP contribution in [0.15, 0.2) is 42.0 Å². The van der Waals surface area contributed by atoms with E-state index >= 15 is 0 Å². The number of benzene rings is 2. The van der Waals surface area contributed by atoms with E-state index in [-0.39, 0.29) is 16.9 Å². The van der Waals surface area contributed by atoms with Gasteiger partial charge >= 0.3 is 0 Å². The smallest absolute Gasteiger partial charge is 0.295 e. The van der Waals surface area contributed by atoms with Gasteiger partial charge in [0, 0.05) is 6.54 Å². The number of nitrogens with zero attached hydrogens (tertiary/aromatic N) is 1. The summed E-state index contributed by atoms with van der Waals surface area (Å²) in [6.45, 7) is 4.59. The van der Waals surface area contributed by atoms with Gasteiger partial charge in [-0.2, -0.15) is 0 Å². The lowest BCUT2D eigenvalue weighted by Crippen LogP contribution is -2.30. The first-order chi connectivity index (χ1) is 15.9. The summed E-state index contributed by atoms with van der Waals surface area (Å²) >= 11 is 0. The van der Waals surface area contributed by atoms with Gasteiger partial charge in [-0.05, 0) is 49.2 Å². The number of ether oxygens (including phenoxy) is 4. The molecule has 0 radical (unpaired) electrons. The van der Waals surface area contributed by atoms with Gasteiger partial charge in [0.2, 0.25) is 0 Å². The third kappa shape index (κ3) is 4.46. The van der Waals surface area contributed by atoms with Crippen molar-refractivity contribution < 1.29 is 33.6 Å². The third-order valence-corrected chi connectivity index (χ3v) is 5.47. The topological polar surface area (TPSA) is 94.5 Å². The minimum atomic E-state index is -0.801. The van der Waals surface area contributed by atoms with E-state index in [1.165, 1.54) is 26.2 Å². The van der Waals surface area contributed by atoms with Crippen molar-refractivity contribution in [3.63, 3.8) is 0 Å². The molecule has 1 amide bonds. The van der Waals surface area contributed by atoms with Gasteiger partial charge < -0.3 is 29.0 Å². The van der Waals surface area contributed by atoms with Crippen LogP contribution < -0.4 is 18.9 Å². The summed E-state index contributed by atoms with van der Waals surface area (Å²) in [6, 6.07) is 9.30. The van der Waals surface area contributed by atoms with E-state index in [1.807, 2.05) is 13.8 Å². The Kier molecular flexibility index (Phi) is 7.48. The Balaban J connectivity index is 2.25. The molecule has 1 N–H and O–H groups in total. The summed E-state index contributed by atoms with van der Waals surface area (Å²) in [6.07, 6.45) is 0.639. The number of carbonyl (C=O) groups excluding carboxylic acids is 2. The van der Waals surface area contributed by atoms with Crippen molar-refractivity contribution >= 4 is 17.4 Å². The standard InChI is InChI=1S/C25H29NO7/c1-6-12-26-22(15-8-10-19(33-7-2)20(13-15)32-5)21(24(28)25(26)29)23(27)17-14-16(30-3)9-11-18(17)31-4/h8-11,13-14,22,27H,6-7,12H2,1-5H3/b23-21+. The third-order valence-electron chi connectivity index (χ3n) is 5.47. The molecule has 0 saturated carbocycles. The summed E-state index contributed by atoms with van der Waals surface area (Å²) in [5.74, 6) is 0.0702. The monoisotopic (exact) mass is 455 g/mol. The lowest BCUT2D eigenvalue weighted by molar-refractivity contribution is -0.139. The molecule has 0 aromatic heterocycles. The van der Waals surface area contributed by atoms with E-state index in [2.05, 4.69) is 0 Å².